The maximum Gasteiger partial charge on any atom is 0.254 e. The molecule has 0 radical (unpaired) electrons. The summed E-state index contributed by atoms with van der Waals surface area (Å²) in [5.41, 5.74) is 1.19. The van der Waals surface area contributed by atoms with Gasteiger partial charge in [0, 0.05) is 13.1 Å². The molecule has 0 N–H and O–H groups in total. The summed E-state index contributed by atoms with van der Waals surface area (Å²) < 4.78 is 5.35. The molecule has 2 unspecified atom stereocenters. The van der Waals surface area contributed by atoms with Gasteiger partial charge in [0.1, 0.15) is 0 Å². The van der Waals surface area contributed by atoms with Crippen LogP contribution in [0.15, 0.2) is 30.3 Å². The number of epoxide rings is 1. The van der Waals surface area contributed by atoms with Crippen molar-refractivity contribution in [2.45, 2.75) is 31.6 Å². The van der Waals surface area contributed by atoms with Crippen LogP contribution in [0.3, 0.4) is 0 Å². The van der Waals surface area contributed by atoms with E-state index in [2.05, 4.69) is 12.1 Å². The van der Waals surface area contributed by atoms with Crippen molar-refractivity contribution in [1.29, 1.82) is 0 Å². The highest BCUT2D eigenvalue weighted by Gasteiger charge is 2.48. The van der Waals surface area contributed by atoms with Crippen LogP contribution in [0.25, 0.3) is 0 Å². The zero-order valence-electron chi connectivity index (χ0n) is 9.13. The molecule has 1 aromatic rings. The van der Waals surface area contributed by atoms with Gasteiger partial charge in [-0.15, -0.1) is 0 Å². The minimum Gasteiger partial charge on any atom is -0.359 e. The van der Waals surface area contributed by atoms with E-state index in [1.165, 1.54) is 5.56 Å². The van der Waals surface area contributed by atoms with Crippen molar-refractivity contribution < 1.29 is 9.53 Å². The average molecular weight is 217 g/mol. The Hall–Kier alpha value is -1.35. The molecule has 0 aromatic heterocycles. The van der Waals surface area contributed by atoms with Crippen LogP contribution in [0.1, 0.15) is 18.4 Å². The van der Waals surface area contributed by atoms with Crippen molar-refractivity contribution in [3.05, 3.63) is 35.9 Å². The quantitative estimate of drug-likeness (QED) is 0.704. The average Bonchev–Trinajstić information content (AvgIpc) is 3.07. The summed E-state index contributed by atoms with van der Waals surface area (Å²) in [5, 5.41) is 0. The zero-order valence-corrected chi connectivity index (χ0v) is 9.13. The fourth-order valence-corrected chi connectivity index (χ4v) is 2.31. The first-order chi connectivity index (χ1) is 7.84. The number of carbonyl (C=O) groups excluding carboxylic acids is 1. The van der Waals surface area contributed by atoms with Crippen molar-refractivity contribution >= 4 is 5.91 Å². The molecule has 2 fully saturated rings. The van der Waals surface area contributed by atoms with Crippen LogP contribution >= 0.6 is 0 Å². The third kappa shape index (κ3) is 1.83. The predicted octanol–water partition coefficient (Wildman–Crippen LogP) is 1.58. The van der Waals surface area contributed by atoms with Crippen molar-refractivity contribution in [3.63, 3.8) is 0 Å². The van der Waals surface area contributed by atoms with Crippen molar-refractivity contribution in [2.24, 2.45) is 0 Å². The van der Waals surface area contributed by atoms with Gasteiger partial charge in [-0.3, -0.25) is 4.79 Å². The molecule has 1 aromatic carbocycles. The number of amides is 1. The fourth-order valence-electron chi connectivity index (χ4n) is 2.31. The van der Waals surface area contributed by atoms with Crippen molar-refractivity contribution in [2.75, 3.05) is 6.54 Å². The molecule has 84 valence electrons. The smallest absolute Gasteiger partial charge is 0.254 e. The Kier molecular flexibility index (Phi) is 2.40. The van der Waals surface area contributed by atoms with E-state index in [4.69, 9.17) is 4.74 Å². The van der Waals surface area contributed by atoms with E-state index in [9.17, 15) is 4.79 Å². The second-order valence-electron chi connectivity index (χ2n) is 4.48. The van der Waals surface area contributed by atoms with Gasteiger partial charge >= 0.3 is 0 Å². The molecule has 0 saturated carbocycles. The molecule has 0 bridgehead atoms. The highest BCUT2D eigenvalue weighted by atomic mass is 16.6. The first kappa shape index (κ1) is 9.85. The number of fused-ring (bicyclic) bond motifs is 1. The summed E-state index contributed by atoms with van der Waals surface area (Å²) in [4.78, 5) is 13.9. The normalized spacial score (nSPS) is 28.5. The number of rotatable bonds is 2. The van der Waals surface area contributed by atoms with Gasteiger partial charge in [0.15, 0.2) is 6.10 Å². The molecule has 2 aliphatic heterocycles. The summed E-state index contributed by atoms with van der Waals surface area (Å²) in [7, 11) is 0. The van der Waals surface area contributed by atoms with Gasteiger partial charge in [-0.25, -0.2) is 0 Å². The Balaban J connectivity index is 1.71. The molecule has 3 heteroatoms. The molecule has 3 rings (SSSR count). The molecular weight excluding hydrogens is 202 g/mol. The second-order valence-corrected chi connectivity index (χ2v) is 4.48. The molecule has 0 aliphatic carbocycles. The van der Waals surface area contributed by atoms with Crippen molar-refractivity contribution in [1.82, 2.24) is 4.90 Å². The molecule has 2 aliphatic rings. The highest BCUT2D eigenvalue weighted by molar-refractivity contribution is 5.84. The van der Waals surface area contributed by atoms with E-state index in [1.807, 2.05) is 23.1 Å². The standard InChI is InChI=1S/C13H15NO2/c15-13-12-11(16-12)7-4-8-14(13)9-10-5-2-1-3-6-10/h1-3,5-6,11-12H,4,7-9H2. The number of benzene rings is 1. The Labute approximate surface area is 95.0 Å². The van der Waals surface area contributed by atoms with Gasteiger partial charge in [0.25, 0.3) is 5.91 Å². The summed E-state index contributed by atoms with van der Waals surface area (Å²) in [5.74, 6) is 0.173. The molecule has 1 amide bonds. The van der Waals surface area contributed by atoms with Crippen LogP contribution < -0.4 is 0 Å². The van der Waals surface area contributed by atoms with Gasteiger partial charge < -0.3 is 9.64 Å². The number of likely N-dealkylation sites (tertiary alicyclic amines) is 1. The van der Waals surface area contributed by atoms with Crippen molar-refractivity contribution in [3.8, 4) is 0 Å². The first-order valence-corrected chi connectivity index (χ1v) is 5.83. The molecule has 0 spiro atoms. The Bertz CT molecular complexity index is 390. The first-order valence-electron chi connectivity index (χ1n) is 5.83. The van der Waals surface area contributed by atoms with Gasteiger partial charge in [-0.05, 0) is 18.4 Å². The number of nitrogens with zero attached hydrogens (tertiary/aromatic N) is 1. The third-order valence-corrected chi connectivity index (χ3v) is 3.27. The molecule has 2 saturated heterocycles. The summed E-state index contributed by atoms with van der Waals surface area (Å²) in [6.45, 7) is 1.58. The van der Waals surface area contributed by atoms with Gasteiger partial charge in [-0.2, -0.15) is 0 Å². The summed E-state index contributed by atoms with van der Waals surface area (Å²) >= 11 is 0. The monoisotopic (exact) mass is 217 g/mol. The van der Waals surface area contributed by atoms with E-state index < -0.39 is 0 Å². The van der Waals surface area contributed by atoms with E-state index in [0.717, 1.165) is 19.4 Å². The molecule has 3 nitrogen and oxygen atoms in total. The largest absolute Gasteiger partial charge is 0.359 e. The minimum absolute atomic E-state index is 0.133. The fraction of sp³-hybridized carbons (Fsp3) is 0.462. The summed E-state index contributed by atoms with van der Waals surface area (Å²) in [6, 6.07) is 10.1. The SMILES string of the molecule is O=C1C2OC2CCCN1Cc1ccccc1. The Morgan fingerprint density at radius 1 is 1.31 bits per heavy atom. The van der Waals surface area contributed by atoms with E-state index >= 15 is 0 Å². The van der Waals surface area contributed by atoms with E-state index in [0.29, 0.717) is 6.54 Å². The third-order valence-electron chi connectivity index (χ3n) is 3.27. The molecule has 2 atom stereocenters. The Morgan fingerprint density at radius 3 is 2.94 bits per heavy atom. The molecule has 16 heavy (non-hydrogen) atoms. The van der Waals surface area contributed by atoms with Gasteiger partial charge in [0.2, 0.25) is 0 Å². The maximum absolute atomic E-state index is 12.0. The van der Waals surface area contributed by atoms with Crippen LogP contribution in [-0.2, 0) is 16.1 Å². The second kappa shape index (κ2) is 3.91. The van der Waals surface area contributed by atoms with Crippen LogP contribution in [0.5, 0.6) is 0 Å². The maximum atomic E-state index is 12.0. The van der Waals surface area contributed by atoms with Gasteiger partial charge in [-0.1, -0.05) is 30.3 Å². The lowest BCUT2D eigenvalue weighted by molar-refractivity contribution is -0.133. The summed E-state index contributed by atoms with van der Waals surface area (Å²) in [6.07, 6.45) is 2.17. The highest BCUT2D eigenvalue weighted by Crippen LogP contribution is 2.31. The zero-order chi connectivity index (χ0) is 11.0. The molecule has 2 heterocycles. The number of ether oxygens (including phenoxy) is 1. The lowest BCUT2D eigenvalue weighted by Gasteiger charge is -2.20. The lowest BCUT2D eigenvalue weighted by atomic mass is 10.2. The predicted molar refractivity (Wildman–Crippen MR) is 59.8 cm³/mol. The molecular formula is C13H15NO2. The van der Waals surface area contributed by atoms with Crippen LogP contribution in [0, 0.1) is 0 Å². The topological polar surface area (TPSA) is 32.8 Å². The number of carbonyl (C=O) groups is 1. The number of hydrogen-bond acceptors (Lipinski definition) is 2. The van der Waals surface area contributed by atoms with E-state index in [1.54, 1.807) is 0 Å². The Morgan fingerprint density at radius 2 is 2.12 bits per heavy atom. The van der Waals surface area contributed by atoms with Crippen LogP contribution in [0.4, 0.5) is 0 Å². The number of hydrogen-bond donors (Lipinski definition) is 0. The van der Waals surface area contributed by atoms with Crippen LogP contribution in [-0.4, -0.2) is 29.6 Å². The van der Waals surface area contributed by atoms with E-state index in [-0.39, 0.29) is 18.1 Å². The lowest BCUT2D eigenvalue weighted by Crippen LogP contribution is -2.33. The van der Waals surface area contributed by atoms with Gasteiger partial charge in [0.05, 0.1) is 6.10 Å². The minimum atomic E-state index is -0.133. The van der Waals surface area contributed by atoms with Crippen LogP contribution in [0.2, 0.25) is 0 Å².